The number of nitrogens with zero attached hydrogens (tertiary/aromatic N) is 3. The molecule has 0 spiro atoms. The molecule has 2 aromatic rings. The van der Waals surface area contributed by atoms with E-state index in [1.165, 1.54) is 24.8 Å². The molecule has 1 aromatic heterocycles. The van der Waals surface area contributed by atoms with Crippen LogP contribution in [0.15, 0.2) is 36.7 Å². The third kappa shape index (κ3) is 3.69. The van der Waals surface area contributed by atoms with Gasteiger partial charge < -0.3 is 4.74 Å². The molecule has 118 valence electrons. The van der Waals surface area contributed by atoms with Crippen LogP contribution in [0.2, 0.25) is 5.02 Å². The van der Waals surface area contributed by atoms with Gasteiger partial charge in [0.25, 0.3) is 0 Å². The van der Waals surface area contributed by atoms with Crippen LogP contribution in [0.4, 0.5) is 0 Å². The molecule has 1 aromatic carbocycles. The number of methoxy groups -OCH3 is 1. The average molecular weight is 320 g/mol. The van der Waals surface area contributed by atoms with Gasteiger partial charge in [0.2, 0.25) is 0 Å². The van der Waals surface area contributed by atoms with Gasteiger partial charge in [0.05, 0.1) is 18.5 Å². The molecule has 1 fully saturated rings. The Morgan fingerprint density at radius 2 is 2.27 bits per heavy atom. The van der Waals surface area contributed by atoms with Crippen LogP contribution in [0.3, 0.4) is 0 Å². The highest BCUT2D eigenvalue weighted by atomic mass is 35.5. The summed E-state index contributed by atoms with van der Waals surface area (Å²) >= 11 is 6.05. The van der Waals surface area contributed by atoms with Crippen LogP contribution in [-0.2, 0) is 11.3 Å². The molecular weight excluding hydrogens is 298 g/mol. The number of rotatable bonds is 5. The molecule has 4 nitrogen and oxygen atoms in total. The molecule has 3 rings (SSSR count). The molecule has 1 atom stereocenters. The number of halogens is 1. The number of piperidine rings is 1. The Bertz CT molecular complexity index is 611. The molecule has 2 heterocycles. The molecule has 22 heavy (non-hydrogen) atoms. The maximum absolute atomic E-state index is 6.05. The van der Waals surface area contributed by atoms with Crippen molar-refractivity contribution in [3.05, 3.63) is 47.2 Å². The summed E-state index contributed by atoms with van der Waals surface area (Å²) in [5.41, 5.74) is 2.22. The Hall–Kier alpha value is -1.36. The van der Waals surface area contributed by atoms with E-state index < -0.39 is 0 Å². The maximum atomic E-state index is 6.05. The van der Waals surface area contributed by atoms with Gasteiger partial charge in [-0.2, -0.15) is 5.10 Å². The smallest absolute Gasteiger partial charge is 0.0660 e. The van der Waals surface area contributed by atoms with Crippen molar-refractivity contribution in [2.75, 3.05) is 20.3 Å². The average Bonchev–Trinajstić information content (AvgIpc) is 2.98. The van der Waals surface area contributed by atoms with Gasteiger partial charge in [0, 0.05) is 36.5 Å². The first-order valence-corrected chi connectivity index (χ1v) is 8.16. The van der Waals surface area contributed by atoms with Crippen molar-refractivity contribution in [1.82, 2.24) is 14.7 Å². The van der Waals surface area contributed by atoms with Crippen molar-refractivity contribution in [1.29, 1.82) is 0 Å². The molecule has 1 aliphatic heterocycles. The SMILES string of the molecule is COC[C@@H]1CCCCN1Cc1cnn(-c2cccc(Cl)c2)c1. The van der Waals surface area contributed by atoms with E-state index in [1.54, 1.807) is 7.11 Å². The molecule has 0 bridgehead atoms. The highest BCUT2D eigenvalue weighted by molar-refractivity contribution is 6.30. The lowest BCUT2D eigenvalue weighted by Crippen LogP contribution is -2.41. The summed E-state index contributed by atoms with van der Waals surface area (Å²) in [6.07, 6.45) is 7.81. The molecule has 0 N–H and O–H groups in total. The molecular formula is C17H22ClN3O. The first-order chi connectivity index (χ1) is 10.8. The van der Waals surface area contributed by atoms with E-state index in [1.807, 2.05) is 35.1 Å². The lowest BCUT2D eigenvalue weighted by Gasteiger charge is -2.34. The fourth-order valence-corrected chi connectivity index (χ4v) is 3.27. The minimum absolute atomic E-state index is 0.522. The molecule has 0 radical (unpaired) electrons. The van der Waals surface area contributed by atoms with Crippen LogP contribution in [0.25, 0.3) is 5.69 Å². The predicted molar refractivity (Wildman–Crippen MR) is 88.5 cm³/mol. The predicted octanol–water partition coefficient (Wildman–Crippen LogP) is 3.53. The van der Waals surface area contributed by atoms with E-state index in [0.717, 1.165) is 30.4 Å². The highest BCUT2D eigenvalue weighted by Crippen LogP contribution is 2.20. The molecule has 0 amide bonds. The summed E-state index contributed by atoms with van der Waals surface area (Å²) in [5, 5.41) is 5.19. The number of hydrogen-bond donors (Lipinski definition) is 0. The zero-order valence-electron chi connectivity index (χ0n) is 12.9. The Kier molecular flexibility index (Phi) is 5.13. The second-order valence-electron chi connectivity index (χ2n) is 5.85. The summed E-state index contributed by atoms with van der Waals surface area (Å²) in [4.78, 5) is 2.51. The van der Waals surface area contributed by atoms with Gasteiger partial charge in [-0.25, -0.2) is 4.68 Å². The fourth-order valence-electron chi connectivity index (χ4n) is 3.09. The number of aromatic nitrogens is 2. The second-order valence-corrected chi connectivity index (χ2v) is 6.28. The quantitative estimate of drug-likeness (QED) is 0.844. The first kappa shape index (κ1) is 15.5. The molecule has 0 unspecified atom stereocenters. The summed E-state index contributed by atoms with van der Waals surface area (Å²) in [7, 11) is 1.78. The van der Waals surface area contributed by atoms with Crippen LogP contribution < -0.4 is 0 Å². The number of hydrogen-bond acceptors (Lipinski definition) is 3. The third-order valence-electron chi connectivity index (χ3n) is 4.20. The standard InChI is InChI=1S/C17H22ClN3O/c1-22-13-17-6-2-3-8-20(17)11-14-10-19-21(12-14)16-7-4-5-15(18)9-16/h4-5,7,9-10,12,17H,2-3,6,8,11,13H2,1H3/t17-/m0/s1. The lowest BCUT2D eigenvalue weighted by atomic mass is 10.0. The van der Waals surface area contributed by atoms with Gasteiger partial charge in [0.15, 0.2) is 0 Å². The van der Waals surface area contributed by atoms with Gasteiger partial charge >= 0.3 is 0 Å². The first-order valence-electron chi connectivity index (χ1n) is 7.79. The van der Waals surface area contributed by atoms with E-state index in [9.17, 15) is 0 Å². The van der Waals surface area contributed by atoms with Crippen molar-refractivity contribution in [2.45, 2.75) is 31.8 Å². The Balaban J connectivity index is 1.71. The van der Waals surface area contributed by atoms with Crippen LogP contribution in [0.1, 0.15) is 24.8 Å². The summed E-state index contributed by atoms with van der Waals surface area (Å²) < 4.78 is 7.25. The topological polar surface area (TPSA) is 30.3 Å². The summed E-state index contributed by atoms with van der Waals surface area (Å²) in [5.74, 6) is 0. The van der Waals surface area contributed by atoms with E-state index in [4.69, 9.17) is 16.3 Å². The van der Waals surface area contributed by atoms with Crippen molar-refractivity contribution in [2.24, 2.45) is 0 Å². The van der Waals surface area contributed by atoms with Crippen molar-refractivity contribution >= 4 is 11.6 Å². The number of benzene rings is 1. The molecule has 1 aliphatic rings. The second kappa shape index (κ2) is 7.27. The van der Waals surface area contributed by atoms with Gasteiger partial charge in [-0.3, -0.25) is 4.90 Å². The van der Waals surface area contributed by atoms with E-state index in [0.29, 0.717) is 6.04 Å². The maximum Gasteiger partial charge on any atom is 0.0660 e. The zero-order chi connectivity index (χ0) is 15.4. The van der Waals surface area contributed by atoms with E-state index in [-0.39, 0.29) is 0 Å². The lowest BCUT2D eigenvalue weighted by molar-refractivity contribution is 0.0600. The van der Waals surface area contributed by atoms with Crippen LogP contribution in [-0.4, -0.2) is 41.0 Å². The van der Waals surface area contributed by atoms with Crippen molar-refractivity contribution in [3.63, 3.8) is 0 Å². The van der Waals surface area contributed by atoms with Gasteiger partial charge in [-0.05, 0) is 37.6 Å². The minimum Gasteiger partial charge on any atom is -0.383 e. The third-order valence-corrected chi connectivity index (χ3v) is 4.44. The van der Waals surface area contributed by atoms with Gasteiger partial charge in [0.1, 0.15) is 0 Å². The highest BCUT2D eigenvalue weighted by Gasteiger charge is 2.22. The molecule has 0 saturated carbocycles. The molecule has 1 saturated heterocycles. The van der Waals surface area contributed by atoms with E-state index >= 15 is 0 Å². The zero-order valence-corrected chi connectivity index (χ0v) is 13.7. The fraction of sp³-hybridized carbons (Fsp3) is 0.471. The van der Waals surface area contributed by atoms with Crippen LogP contribution in [0, 0.1) is 0 Å². The van der Waals surface area contributed by atoms with Crippen molar-refractivity contribution in [3.8, 4) is 5.69 Å². The van der Waals surface area contributed by atoms with Crippen molar-refractivity contribution < 1.29 is 4.74 Å². The van der Waals surface area contributed by atoms with Gasteiger partial charge in [-0.1, -0.05) is 24.1 Å². The van der Waals surface area contributed by atoms with Gasteiger partial charge in [-0.15, -0.1) is 0 Å². The van der Waals surface area contributed by atoms with Crippen LogP contribution in [0.5, 0.6) is 0 Å². The monoisotopic (exact) mass is 319 g/mol. The minimum atomic E-state index is 0.522. The Labute approximate surface area is 136 Å². The molecule has 5 heteroatoms. The van der Waals surface area contributed by atoms with Crippen LogP contribution >= 0.6 is 11.6 Å². The number of likely N-dealkylation sites (tertiary alicyclic amines) is 1. The summed E-state index contributed by atoms with van der Waals surface area (Å²) in [6.45, 7) is 2.87. The largest absolute Gasteiger partial charge is 0.383 e. The Morgan fingerprint density at radius 1 is 1.36 bits per heavy atom. The number of ether oxygens (including phenoxy) is 1. The van der Waals surface area contributed by atoms with E-state index in [2.05, 4.69) is 16.2 Å². The Morgan fingerprint density at radius 3 is 3.09 bits per heavy atom. The normalized spacial score (nSPS) is 19.5. The summed E-state index contributed by atoms with van der Waals surface area (Å²) in [6, 6.07) is 8.27. The molecule has 0 aliphatic carbocycles.